The van der Waals surface area contributed by atoms with E-state index >= 15 is 0 Å². The van der Waals surface area contributed by atoms with Crippen LogP contribution >= 0.6 is 0 Å². The van der Waals surface area contributed by atoms with Crippen LogP contribution in [-0.4, -0.2) is 28.9 Å². The van der Waals surface area contributed by atoms with Gasteiger partial charge in [-0.3, -0.25) is 9.47 Å². The van der Waals surface area contributed by atoms with Crippen LogP contribution in [0, 0.1) is 6.92 Å². The van der Waals surface area contributed by atoms with Crippen molar-refractivity contribution < 1.29 is 19.4 Å². The first kappa shape index (κ1) is 21.5. The van der Waals surface area contributed by atoms with Gasteiger partial charge in [-0.2, -0.15) is 0 Å². The molecule has 0 unspecified atom stereocenters. The van der Waals surface area contributed by atoms with E-state index < -0.39 is 11.4 Å². The summed E-state index contributed by atoms with van der Waals surface area (Å²) in [5, 5.41) is 11.5. The number of aromatic carboxylic acids is 1. The largest absolute Gasteiger partial charge is 0.493 e. The molecule has 2 aromatic carbocycles. The lowest BCUT2D eigenvalue weighted by molar-refractivity contribution is 0.0694. The van der Waals surface area contributed by atoms with Gasteiger partial charge in [-0.1, -0.05) is 30.3 Å². The molecule has 1 aliphatic heterocycles. The van der Waals surface area contributed by atoms with Gasteiger partial charge in [0, 0.05) is 23.4 Å². The number of fused-ring (bicyclic) bond motifs is 3. The van der Waals surface area contributed by atoms with Crippen LogP contribution in [0.4, 0.5) is 0 Å². The highest BCUT2D eigenvalue weighted by atomic mass is 16.5. The monoisotopic (exact) mass is 434 g/mol. The Balaban J connectivity index is 1.85. The zero-order chi connectivity index (χ0) is 23.0. The summed E-state index contributed by atoms with van der Waals surface area (Å²) in [6, 6.07) is 13.8. The van der Waals surface area contributed by atoms with Gasteiger partial charge in [0.1, 0.15) is 12.2 Å². The molecule has 1 N–H and O–H groups in total. The van der Waals surface area contributed by atoms with Crippen LogP contribution in [0.2, 0.25) is 0 Å². The van der Waals surface area contributed by atoms with Gasteiger partial charge in [0.2, 0.25) is 0 Å². The SMILES string of the molecule is COc1cc2c(cc1OCc1ccccc1)CN(C(C)C)n1cc(C(=O)O)c(=O)c(C)c1-2. The van der Waals surface area contributed by atoms with Crippen molar-refractivity contribution >= 4 is 5.97 Å². The maximum atomic E-state index is 12.8. The number of carboxylic acids is 1. The number of methoxy groups -OCH3 is 1. The number of hydrogen-bond acceptors (Lipinski definition) is 5. The van der Waals surface area contributed by atoms with Crippen molar-refractivity contribution in [1.29, 1.82) is 0 Å². The van der Waals surface area contributed by atoms with E-state index in [1.807, 2.05) is 61.3 Å². The second kappa shape index (κ2) is 8.42. The first-order valence-corrected chi connectivity index (χ1v) is 10.5. The zero-order valence-electron chi connectivity index (χ0n) is 18.6. The van der Waals surface area contributed by atoms with E-state index in [2.05, 4.69) is 0 Å². The molecule has 0 atom stereocenters. The van der Waals surface area contributed by atoms with Gasteiger partial charge in [-0.15, -0.1) is 0 Å². The van der Waals surface area contributed by atoms with Crippen LogP contribution in [0.1, 0.15) is 40.9 Å². The molecular formula is C25H26N2O5. The minimum absolute atomic E-state index is 0.0706. The summed E-state index contributed by atoms with van der Waals surface area (Å²) in [4.78, 5) is 24.4. The fourth-order valence-corrected chi connectivity index (χ4v) is 4.05. The predicted octanol–water partition coefficient (Wildman–Crippen LogP) is 3.97. The van der Waals surface area contributed by atoms with E-state index in [1.54, 1.807) is 18.7 Å². The lowest BCUT2D eigenvalue weighted by atomic mass is 9.96. The number of benzene rings is 2. The van der Waals surface area contributed by atoms with Gasteiger partial charge in [-0.05, 0) is 44.0 Å². The first-order valence-electron chi connectivity index (χ1n) is 10.5. The van der Waals surface area contributed by atoms with E-state index in [-0.39, 0.29) is 11.6 Å². The molecule has 1 aliphatic rings. The Labute approximate surface area is 186 Å². The Bertz CT molecular complexity index is 1230. The number of ether oxygens (including phenoxy) is 2. The van der Waals surface area contributed by atoms with E-state index in [0.29, 0.717) is 35.9 Å². The smallest absolute Gasteiger partial charge is 0.341 e. The molecule has 0 aliphatic carbocycles. The number of rotatable bonds is 6. The maximum Gasteiger partial charge on any atom is 0.341 e. The van der Waals surface area contributed by atoms with Crippen molar-refractivity contribution in [3.63, 3.8) is 0 Å². The quantitative estimate of drug-likeness (QED) is 0.632. The normalized spacial score (nSPS) is 12.3. The summed E-state index contributed by atoms with van der Waals surface area (Å²) in [5.41, 5.74) is 3.19. The fourth-order valence-electron chi connectivity index (χ4n) is 4.05. The molecule has 0 amide bonds. The fraction of sp³-hybridized carbons (Fsp3) is 0.280. The zero-order valence-corrected chi connectivity index (χ0v) is 18.6. The molecular weight excluding hydrogens is 408 g/mol. The first-order chi connectivity index (χ1) is 15.3. The molecule has 0 fully saturated rings. The van der Waals surface area contributed by atoms with Crippen LogP contribution in [0.15, 0.2) is 53.5 Å². The molecule has 166 valence electrons. The number of carboxylic acid groups (broad SMARTS) is 1. The molecule has 0 saturated heterocycles. The van der Waals surface area contributed by atoms with E-state index in [0.717, 1.165) is 16.7 Å². The summed E-state index contributed by atoms with van der Waals surface area (Å²) in [6.45, 7) is 6.66. The third-order valence-electron chi connectivity index (χ3n) is 5.74. The number of aromatic nitrogens is 1. The van der Waals surface area contributed by atoms with E-state index in [1.165, 1.54) is 6.20 Å². The van der Waals surface area contributed by atoms with Crippen molar-refractivity contribution in [2.75, 3.05) is 12.1 Å². The molecule has 1 aromatic heterocycles. The number of carbonyl (C=O) groups is 1. The highest BCUT2D eigenvalue weighted by Crippen LogP contribution is 2.40. The summed E-state index contributed by atoms with van der Waals surface area (Å²) in [7, 11) is 1.58. The van der Waals surface area contributed by atoms with Crippen LogP contribution in [0.25, 0.3) is 11.3 Å². The van der Waals surface area contributed by atoms with Crippen molar-refractivity contribution in [3.05, 3.63) is 81.1 Å². The average Bonchev–Trinajstić information content (AvgIpc) is 2.78. The molecule has 7 nitrogen and oxygen atoms in total. The van der Waals surface area contributed by atoms with Crippen LogP contribution in [-0.2, 0) is 13.2 Å². The Hall–Kier alpha value is -3.74. The second-order valence-corrected chi connectivity index (χ2v) is 8.12. The second-order valence-electron chi connectivity index (χ2n) is 8.12. The van der Waals surface area contributed by atoms with Gasteiger partial charge in [0.15, 0.2) is 16.9 Å². The standard InChI is InChI=1S/C25H26N2O5/c1-15(2)26-12-18-10-22(32-14-17-8-6-5-7-9-17)21(31-4)11-19(18)23-16(3)24(28)20(25(29)30)13-27(23)26/h5-11,13,15H,12,14H2,1-4H3,(H,29,30). The van der Waals surface area contributed by atoms with Gasteiger partial charge >= 0.3 is 5.97 Å². The minimum atomic E-state index is -1.23. The topological polar surface area (TPSA) is 81.0 Å². The summed E-state index contributed by atoms with van der Waals surface area (Å²) in [6.07, 6.45) is 1.42. The molecule has 0 bridgehead atoms. The average molecular weight is 434 g/mol. The third-order valence-corrected chi connectivity index (χ3v) is 5.74. The van der Waals surface area contributed by atoms with Crippen LogP contribution in [0.3, 0.4) is 0 Å². The molecule has 0 saturated carbocycles. The predicted molar refractivity (Wildman–Crippen MR) is 122 cm³/mol. The van der Waals surface area contributed by atoms with Crippen molar-refractivity contribution in [3.8, 4) is 22.8 Å². The van der Waals surface area contributed by atoms with Gasteiger partial charge in [0.25, 0.3) is 0 Å². The lowest BCUT2D eigenvalue weighted by Crippen LogP contribution is -2.44. The molecule has 3 aromatic rings. The van der Waals surface area contributed by atoms with Crippen LogP contribution in [0.5, 0.6) is 11.5 Å². The minimum Gasteiger partial charge on any atom is -0.493 e. The molecule has 0 spiro atoms. The number of nitrogens with zero attached hydrogens (tertiary/aromatic N) is 2. The van der Waals surface area contributed by atoms with Crippen molar-refractivity contribution in [1.82, 2.24) is 4.68 Å². The van der Waals surface area contributed by atoms with Gasteiger partial charge in [0.05, 0.1) is 19.3 Å². The molecule has 2 heterocycles. The Morgan fingerprint density at radius 1 is 1.16 bits per heavy atom. The van der Waals surface area contributed by atoms with Gasteiger partial charge < -0.3 is 19.6 Å². The molecule has 4 rings (SSSR count). The number of hydrogen-bond donors (Lipinski definition) is 1. The highest BCUT2D eigenvalue weighted by Gasteiger charge is 2.29. The lowest BCUT2D eigenvalue weighted by Gasteiger charge is -2.39. The molecule has 0 radical (unpaired) electrons. The summed E-state index contributed by atoms with van der Waals surface area (Å²) < 4.78 is 13.5. The number of pyridine rings is 1. The summed E-state index contributed by atoms with van der Waals surface area (Å²) in [5.74, 6) is -0.0575. The molecule has 32 heavy (non-hydrogen) atoms. The van der Waals surface area contributed by atoms with E-state index in [9.17, 15) is 14.7 Å². The Kier molecular flexibility index (Phi) is 5.65. The molecule has 7 heteroatoms. The third kappa shape index (κ3) is 3.70. The van der Waals surface area contributed by atoms with E-state index in [4.69, 9.17) is 9.47 Å². The Morgan fingerprint density at radius 3 is 2.50 bits per heavy atom. The summed E-state index contributed by atoms with van der Waals surface area (Å²) >= 11 is 0. The Morgan fingerprint density at radius 2 is 1.88 bits per heavy atom. The van der Waals surface area contributed by atoms with Gasteiger partial charge in [-0.25, -0.2) is 4.79 Å². The maximum absolute atomic E-state index is 12.8. The van der Waals surface area contributed by atoms with Crippen molar-refractivity contribution in [2.45, 2.75) is 40.0 Å². The highest BCUT2D eigenvalue weighted by molar-refractivity contribution is 5.88. The van der Waals surface area contributed by atoms with Crippen LogP contribution < -0.4 is 19.9 Å². The van der Waals surface area contributed by atoms with Crippen molar-refractivity contribution in [2.24, 2.45) is 0 Å².